The van der Waals surface area contributed by atoms with E-state index in [1.165, 1.54) is 18.3 Å². The Bertz CT molecular complexity index is 1190. The van der Waals surface area contributed by atoms with Crippen molar-refractivity contribution in [1.29, 1.82) is 0 Å². The molecule has 36 heavy (non-hydrogen) atoms. The minimum absolute atomic E-state index is 0.0156. The summed E-state index contributed by atoms with van der Waals surface area (Å²) in [7, 11) is 0. The number of amides is 1. The minimum Gasteiger partial charge on any atom is -0.481 e. The second kappa shape index (κ2) is 11.6. The van der Waals surface area contributed by atoms with Crippen LogP contribution in [0.1, 0.15) is 28.9 Å². The largest absolute Gasteiger partial charge is 0.481 e. The maximum absolute atomic E-state index is 14.3. The van der Waals surface area contributed by atoms with Gasteiger partial charge >= 0.3 is 5.97 Å². The molecular weight excluding hydrogens is 489 g/mol. The number of aromatic nitrogens is 3. The number of aliphatic carboxylic acids is 1. The van der Waals surface area contributed by atoms with E-state index in [1.807, 2.05) is 17.0 Å². The highest BCUT2D eigenvalue weighted by Gasteiger charge is 2.33. The van der Waals surface area contributed by atoms with Crippen molar-refractivity contribution in [3.63, 3.8) is 0 Å². The van der Waals surface area contributed by atoms with Crippen molar-refractivity contribution in [1.82, 2.24) is 25.6 Å². The molecule has 4 N–H and O–H groups in total. The molecule has 0 unspecified atom stereocenters. The molecule has 9 nitrogen and oxygen atoms in total. The van der Waals surface area contributed by atoms with Crippen LogP contribution in [0.3, 0.4) is 0 Å². The Morgan fingerprint density at radius 3 is 2.64 bits per heavy atom. The van der Waals surface area contributed by atoms with Gasteiger partial charge < -0.3 is 15.5 Å². The van der Waals surface area contributed by atoms with Crippen molar-refractivity contribution in [3.05, 3.63) is 70.8 Å². The maximum Gasteiger partial charge on any atom is 0.307 e. The van der Waals surface area contributed by atoms with E-state index in [9.17, 15) is 24.2 Å². The van der Waals surface area contributed by atoms with Gasteiger partial charge in [-0.3, -0.25) is 14.5 Å². The number of halogens is 2. The summed E-state index contributed by atoms with van der Waals surface area (Å²) in [6, 6.07) is 11.0. The molecule has 1 aromatic heterocycles. The van der Waals surface area contributed by atoms with Crippen LogP contribution in [0.15, 0.2) is 48.7 Å². The fourth-order valence-electron chi connectivity index (χ4n) is 4.41. The number of nitrogens with zero attached hydrogens (tertiary/aromatic N) is 3. The Labute approximate surface area is 212 Å². The zero-order valence-electron chi connectivity index (χ0n) is 19.4. The van der Waals surface area contributed by atoms with Gasteiger partial charge in [0.25, 0.3) is 5.91 Å². The van der Waals surface area contributed by atoms with E-state index in [-0.39, 0.29) is 37.1 Å². The standard InChI is InChI=1S/C25H27ClFN5O4/c26-18-5-6-22(27)21(11-18)16-3-1-15(2-4-16)9-19(29-24(34)23-12-28-31-30-23)10-17(25(35)36)13-32-8-7-20(32)14-33/h1-6,11-12,17,19-20,33H,7-10,13-14H2,(H,29,34)(H,35,36)(H,28,30,31)/t17-,19+,20+/m0/s1. The van der Waals surface area contributed by atoms with E-state index >= 15 is 0 Å². The van der Waals surface area contributed by atoms with E-state index in [2.05, 4.69) is 20.7 Å². The Morgan fingerprint density at radius 1 is 1.25 bits per heavy atom. The molecule has 3 aromatic rings. The second-order valence-electron chi connectivity index (χ2n) is 8.94. The number of aliphatic hydroxyl groups is 1. The van der Waals surface area contributed by atoms with E-state index in [1.54, 1.807) is 18.2 Å². The van der Waals surface area contributed by atoms with Gasteiger partial charge in [0.2, 0.25) is 0 Å². The van der Waals surface area contributed by atoms with Crippen molar-refractivity contribution in [2.45, 2.75) is 31.3 Å². The maximum atomic E-state index is 14.3. The molecule has 1 aliphatic heterocycles. The number of hydrogen-bond donors (Lipinski definition) is 4. The summed E-state index contributed by atoms with van der Waals surface area (Å²) in [5.74, 6) is -2.57. The van der Waals surface area contributed by atoms with E-state index in [0.29, 0.717) is 22.6 Å². The Balaban J connectivity index is 1.51. The van der Waals surface area contributed by atoms with Gasteiger partial charge in [0.05, 0.1) is 18.7 Å². The Morgan fingerprint density at radius 2 is 2.03 bits per heavy atom. The number of aliphatic hydroxyl groups excluding tert-OH is 1. The topological polar surface area (TPSA) is 131 Å². The van der Waals surface area contributed by atoms with Gasteiger partial charge in [-0.25, -0.2) is 4.39 Å². The van der Waals surface area contributed by atoms with Crippen LogP contribution in [-0.2, 0) is 11.2 Å². The van der Waals surface area contributed by atoms with Crippen LogP contribution in [0.25, 0.3) is 11.1 Å². The molecule has 1 aliphatic rings. The number of H-pyrrole nitrogens is 1. The summed E-state index contributed by atoms with van der Waals surface area (Å²) in [5, 5.41) is 32.5. The first-order valence-electron chi connectivity index (χ1n) is 11.6. The Hall–Kier alpha value is -3.34. The second-order valence-corrected chi connectivity index (χ2v) is 9.38. The van der Waals surface area contributed by atoms with Crippen LogP contribution in [0.4, 0.5) is 4.39 Å². The number of carboxylic acids is 1. The molecule has 0 spiro atoms. The van der Waals surface area contributed by atoms with Crippen LogP contribution in [0, 0.1) is 11.7 Å². The van der Waals surface area contributed by atoms with Crippen molar-refractivity contribution in [3.8, 4) is 11.1 Å². The molecule has 190 valence electrons. The third kappa shape index (κ3) is 6.26. The summed E-state index contributed by atoms with van der Waals surface area (Å²) in [6.07, 6.45) is 2.66. The summed E-state index contributed by atoms with van der Waals surface area (Å²) in [4.78, 5) is 26.7. The highest BCUT2D eigenvalue weighted by molar-refractivity contribution is 6.30. The molecule has 4 rings (SSSR count). The van der Waals surface area contributed by atoms with Crippen LogP contribution in [0.5, 0.6) is 0 Å². The Kier molecular flexibility index (Phi) is 8.29. The van der Waals surface area contributed by atoms with Crippen molar-refractivity contribution < 1.29 is 24.2 Å². The smallest absolute Gasteiger partial charge is 0.307 e. The van der Waals surface area contributed by atoms with E-state index in [4.69, 9.17) is 11.6 Å². The zero-order chi connectivity index (χ0) is 25.7. The molecule has 3 atom stereocenters. The SMILES string of the molecule is O=C(N[C@H](Cc1ccc(-c2cc(Cl)ccc2F)cc1)C[C@@H](CN1CC[C@@H]1CO)C(=O)O)c1cn[nH]n1. The van der Waals surface area contributed by atoms with Crippen LogP contribution < -0.4 is 5.32 Å². The number of hydrogen-bond acceptors (Lipinski definition) is 6. The lowest BCUT2D eigenvalue weighted by Gasteiger charge is -2.41. The molecule has 0 bridgehead atoms. The van der Waals surface area contributed by atoms with Crippen molar-refractivity contribution in [2.75, 3.05) is 19.7 Å². The zero-order valence-corrected chi connectivity index (χ0v) is 20.2. The lowest BCUT2D eigenvalue weighted by Crippen LogP contribution is -2.53. The molecule has 1 amide bonds. The molecule has 2 aromatic carbocycles. The average molecular weight is 516 g/mol. The average Bonchev–Trinajstić information content (AvgIpc) is 3.38. The lowest BCUT2D eigenvalue weighted by molar-refractivity contribution is -0.144. The number of aromatic amines is 1. The number of carboxylic acid groups (broad SMARTS) is 1. The van der Waals surface area contributed by atoms with Crippen LogP contribution >= 0.6 is 11.6 Å². The number of carbonyl (C=O) groups is 2. The number of likely N-dealkylation sites (tertiary alicyclic amines) is 1. The fraction of sp³-hybridized carbons (Fsp3) is 0.360. The van der Waals surface area contributed by atoms with Crippen LogP contribution in [-0.4, -0.2) is 74.2 Å². The van der Waals surface area contributed by atoms with Gasteiger partial charge in [0, 0.05) is 35.8 Å². The summed E-state index contributed by atoms with van der Waals surface area (Å²) >= 11 is 6.02. The van der Waals surface area contributed by atoms with Gasteiger partial charge in [0.1, 0.15) is 5.82 Å². The number of rotatable bonds is 11. The molecule has 1 fully saturated rings. The number of benzene rings is 2. The molecule has 11 heteroatoms. The van der Waals surface area contributed by atoms with Gasteiger partial charge in [0.15, 0.2) is 5.69 Å². The van der Waals surface area contributed by atoms with Gasteiger partial charge in [-0.1, -0.05) is 35.9 Å². The first kappa shape index (κ1) is 25.7. The molecule has 0 aliphatic carbocycles. The fourth-order valence-corrected chi connectivity index (χ4v) is 4.58. The van der Waals surface area contributed by atoms with Crippen LogP contribution in [0.2, 0.25) is 5.02 Å². The first-order valence-corrected chi connectivity index (χ1v) is 12.0. The monoisotopic (exact) mass is 515 g/mol. The first-order chi connectivity index (χ1) is 17.3. The summed E-state index contributed by atoms with van der Waals surface area (Å²) in [6.45, 7) is 0.995. The number of carbonyl (C=O) groups excluding carboxylic acids is 1. The third-order valence-corrected chi connectivity index (χ3v) is 6.74. The molecule has 2 heterocycles. The van der Waals surface area contributed by atoms with E-state index in [0.717, 1.165) is 18.5 Å². The lowest BCUT2D eigenvalue weighted by atomic mass is 9.91. The summed E-state index contributed by atoms with van der Waals surface area (Å²) in [5.41, 5.74) is 1.97. The molecule has 0 radical (unpaired) electrons. The predicted octanol–water partition coefficient (Wildman–Crippen LogP) is 2.76. The molecular formula is C25H27ClFN5O4. The van der Waals surface area contributed by atoms with E-state index < -0.39 is 23.8 Å². The molecule has 1 saturated heterocycles. The highest BCUT2D eigenvalue weighted by atomic mass is 35.5. The third-order valence-electron chi connectivity index (χ3n) is 6.51. The number of nitrogens with one attached hydrogen (secondary N) is 2. The molecule has 0 saturated carbocycles. The van der Waals surface area contributed by atoms with Crippen molar-refractivity contribution >= 4 is 23.5 Å². The minimum atomic E-state index is -0.967. The predicted molar refractivity (Wildman–Crippen MR) is 131 cm³/mol. The summed E-state index contributed by atoms with van der Waals surface area (Å²) < 4.78 is 14.3. The van der Waals surface area contributed by atoms with Gasteiger partial charge in [-0.15, -0.1) is 0 Å². The van der Waals surface area contributed by atoms with Gasteiger partial charge in [-0.2, -0.15) is 15.4 Å². The van der Waals surface area contributed by atoms with Crippen molar-refractivity contribution in [2.24, 2.45) is 5.92 Å². The van der Waals surface area contributed by atoms with Gasteiger partial charge in [-0.05, 0) is 48.6 Å². The highest BCUT2D eigenvalue weighted by Crippen LogP contribution is 2.27. The normalized spacial score (nSPS) is 17.2. The quantitative estimate of drug-likeness (QED) is 0.309.